The lowest BCUT2D eigenvalue weighted by Crippen LogP contribution is -2.30. The molecule has 132 valence electrons. The maximum absolute atomic E-state index is 13.7. The number of nitrogens with one attached hydrogen (secondary N) is 3. The van der Waals surface area contributed by atoms with Crippen molar-refractivity contribution in [3.05, 3.63) is 35.4 Å². The average molecular weight is 363 g/mol. The van der Waals surface area contributed by atoms with Crippen LogP contribution < -0.4 is 16.0 Å². The topological polar surface area (TPSA) is 88.1 Å². The first-order valence-corrected chi connectivity index (χ1v) is 8.92. The number of hydrogen-bond acceptors (Lipinski definition) is 4. The lowest BCUT2D eigenvalue weighted by Gasteiger charge is -2.20. The van der Waals surface area contributed by atoms with Crippen LogP contribution in [0.3, 0.4) is 0 Å². The zero-order chi connectivity index (χ0) is 18.0. The number of amides is 3. The summed E-state index contributed by atoms with van der Waals surface area (Å²) in [6.07, 6.45) is 4.37. The highest BCUT2D eigenvalue weighted by molar-refractivity contribution is 7.98. The molecule has 0 fully saturated rings. The van der Waals surface area contributed by atoms with E-state index in [4.69, 9.17) is 0 Å². The molecule has 1 aromatic heterocycles. The number of aryl methyl sites for hydroxylation is 1. The van der Waals surface area contributed by atoms with Crippen LogP contribution in [0.25, 0.3) is 0 Å². The van der Waals surface area contributed by atoms with Crippen molar-refractivity contribution in [2.75, 3.05) is 16.9 Å². The van der Waals surface area contributed by atoms with Crippen molar-refractivity contribution in [2.45, 2.75) is 24.5 Å². The van der Waals surface area contributed by atoms with E-state index in [1.54, 1.807) is 6.20 Å². The van der Waals surface area contributed by atoms with Crippen molar-refractivity contribution in [1.29, 1.82) is 0 Å². The van der Waals surface area contributed by atoms with E-state index in [2.05, 4.69) is 20.9 Å². The van der Waals surface area contributed by atoms with Crippen LogP contribution in [0.2, 0.25) is 0 Å². The second-order valence-electron chi connectivity index (χ2n) is 5.64. The first-order valence-electron chi connectivity index (χ1n) is 7.69. The molecule has 0 atom stereocenters. The standard InChI is InChI=1S/C16H18FN5O2S/c1-22-11(8-19-16(22)25-2)7-18-15(24)20-12-6-10(17)5-9-3-4-13(23)21-14(9)12/h5-6,8H,3-4,7H2,1-2H3,(H,21,23)(H2,18,20,24). The first-order chi connectivity index (χ1) is 12.0. The van der Waals surface area contributed by atoms with Crippen LogP contribution in [-0.4, -0.2) is 27.7 Å². The molecule has 0 bridgehead atoms. The molecule has 7 nitrogen and oxygen atoms in total. The van der Waals surface area contributed by atoms with Gasteiger partial charge >= 0.3 is 6.03 Å². The molecule has 3 rings (SSSR count). The largest absolute Gasteiger partial charge is 0.332 e. The Labute approximate surface area is 148 Å². The van der Waals surface area contributed by atoms with Crippen LogP contribution in [0.15, 0.2) is 23.5 Å². The molecule has 0 aliphatic carbocycles. The Kier molecular flexibility index (Phi) is 4.93. The third-order valence-electron chi connectivity index (χ3n) is 3.97. The number of rotatable bonds is 4. The van der Waals surface area contributed by atoms with Gasteiger partial charge in [0.25, 0.3) is 0 Å². The Morgan fingerprint density at radius 1 is 1.44 bits per heavy atom. The Hall–Kier alpha value is -2.55. The maximum Gasteiger partial charge on any atom is 0.319 e. The molecular weight excluding hydrogens is 345 g/mol. The lowest BCUT2D eigenvalue weighted by molar-refractivity contribution is -0.116. The number of carbonyl (C=O) groups excluding carboxylic acids is 2. The zero-order valence-electron chi connectivity index (χ0n) is 13.9. The normalized spacial score (nSPS) is 13.2. The number of benzene rings is 1. The molecule has 0 spiro atoms. The molecule has 3 amide bonds. The fourth-order valence-corrected chi connectivity index (χ4v) is 3.22. The summed E-state index contributed by atoms with van der Waals surface area (Å²) in [5.41, 5.74) is 2.22. The first kappa shape index (κ1) is 17.3. The summed E-state index contributed by atoms with van der Waals surface area (Å²) in [6, 6.07) is 2.08. The van der Waals surface area contributed by atoms with E-state index >= 15 is 0 Å². The molecule has 0 radical (unpaired) electrons. The molecule has 9 heteroatoms. The number of aromatic nitrogens is 2. The number of urea groups is 1. The smallest absolute Gasteiger partial charge is 0.319 e. The van der Waals surface area contributed by atoms with Gasteiger partial charge in [0.2, 0.25) is 5.91 Å². The van der Waals surface area contributed by atoms with Crippen molar-refractivity contribution in [2.24, 2.45) is 7.05 Å². The van der Waals surface area contributed by atoms with Crippen molar-refractivity contribution < 1.29 is 14.0 Å². The summed E-state index contributed by atoms with van der Waals surface area (Å²) in [7, 11) is 1.87. The predicted molar refractivity (Wildman–Crippen MR) is 94.2 cm³/mol. The summed E-state index contributed by atoms with van der Waals surface area (Å²) >= 11 is 1.51. The lowest BCUT2D eigenvalue weighted by atomic mass is 10.0. The fourth-order valence-electron chi connectivity index (χ4n) is 2.67. The highest BCUT2D eigenvalue weighted by Crippen LogP contribution is 2.31. The van der Waals surface area contributed by atoms with Gasteiger partial charge in [-0.15, -0.1) is 0 Å². The van der Waals surface area contributed by atoms with Crippen molar-refractivity contribution in [1.82, 2.24) is 14.9 Å². The SMILES string of the molecule is CSc1ncc(CNC(=O)Nc2cc(F)cc3c2NC(=O)CC3)n1C. The minimum absolute atomic E-state index is 0.151. The van der Waals surface area contributed by atoms with Crippen LogP contribution in [0.4, 0.5) is 20.6 Å². The zero-order valence-corrected chi connectivity index (χ0v) is 14.7. The molecule has 25 heavy (non-hydrogen) atoms. The number of nitrogens with zero attached hydrogens (tertiary/aromatic N) is 2. The number of halogens is 1. The molecular formula is C16H18FN5O2S. The van der Waals surface area contributed by atoms with Gasteiger partial charge in [-0.05, 0) is 30.4 Å². The maximum atomic E-state index is 13.7. The van der Waals surface area contributed by atoms with E-state index in [1.807, 2.05) is 17.9 Å². The number of fused-ring (bicyclic) bond motifs is 1. The van der Waals surface area contributed by atoms with Crippen LogP contribution in [0, 0.1) is 5.82 Å². The van der Waals surface area contributed by atoms with Crippen molar-refractivity contribution in [3.8, 4) is 0 Å². The summed E-state index contributed by atoms with van der Waals surface area (Å²) in [4.78, 5) is 28.0. The third-order valence-corrected chi connectivity index (χ3v) is 4.72. The van der Waals surface area contributed by atoms with E-state index in [0.717, 1.165) is 10.9 Å². The van der Waals surface area contributed by atoms with Gasteiger partial charge in [0, 0.05) is 13.5 Å². The number of imidazole rings is 1. The highest BCUT2D eigenvalue weighted by atomic mass is 32.2. The molecule has 1 aromatic carbocycles. The number of thioether (sulfide) groups is 1. The van der Waals surface area contributed by atoms with Crippen LogP contribution in [0.5, 0.6) is 0 Å². The Bertz CT molecular complexity index is 836. The van der Waals surface area contributed by atoms with E-state index < -0.39 is 11.8 Å². The van der Waals surface area contributed by atoms with Gasteiger partial charge in [0.05, 0.1) is 29.8 Å². The Balaban J connectivity index is 1.70. The van der Waals surface area contributed by atoms with Gasteiger partial charge in [-0.2, -0.15) is 0 Å². The number of carbonyl (C=O) groups is 2. The highest BCUT2D eigenvalue weighted by Gasteiger charge is 2.20. The number of hydrogen-bond donors (Lipinski definition) is 3. The second kappa shape index (κ2) is 7.14. The second-order valence-corrected chi connectivity index (χ2v) is 6.41. The van der Waals surface area contributed by atoms with E-state index in [9.17, 15) is 14.0 Å². The monoisotopic (exact) mass is 363 g/mol. The minimum atomic E-state index is -0.487. The van der Waals surface area contributed by atoms with Gasteiger partial charge in [-0.1, -0.05) is 11.8 Å². The average Bonchev–Trinajstić information content (AvgIpc) is 2.93. The summed E-state index contributed by atoms with van der Waals surface area (Å²) < 4.78 is 15.6. The van der Waals surface area contributed by atoms with Crippen molar-refractivity contribution in [3.63, 3.8) is 0 Å². The summed E-state index contributed by atoms with van der Waals surface area (Å²) in [5, 5.41) is 8.85. The van der Waals surface area contributed by atoms with Gasteiger partial charge in [0.1, 0.15) is 5.82 Å². The molecule has 2 heterocycles. The van der Waals surface area contributed by atoms with Crippen LogP contribution >= 0.6 is 11.8 Å². The van der Waals surface area contributed by atoms with Crippen LogP contribution in [0.1, 0.15) is 17.7 Å². The van der Waals surface area contributed by atoms with E-state index in [-0.39, 0.29) is 18.1 Å². The summed E-state index contributed by atoms with van der Waals surface area (Å²) in [6.45, 7) is 0.278. The molecule has 0 saturated heterocycles. The van der Waals surface area contributed by atoms with E-state index in [1.165, 1.54) is 23.9 Å². The third kappa shape index (κ3) is 3.76. The predicted octanol–water partition coefficient (Wildman–Crippen LogP) is 2.49. The van der Waals surface area contributed by atoms with Gasteiger partial charge in [-0.25, -0.2) is 14.2 Å². The van der Waals surface area contributed by atoms with Gasteiger partial charge in [-0.3, -0.25) is 4.79 Å². The Morgan fingerprint density at radius 3 is 2.96 bits per heavy atom. The molecule has 1 aliphatic rings. The minimum Gasteiger partial charge on any atom is -0.332 e. The number of anilines is 2. The molecule has 3 N–H and O–H groups in total. The Morgan fingerprint density at radius 2 is 2.24 bits per heavy atom. The molecule has 2 aromatic rings. The van der Waals surface area contributed by atoms with Crippen LogP contribution in [-0.2, 0) is 24.8 Å². The quantitative estimate of drug-likeness (QED) is 0.728. The van der Waals surface area contributed by atoms with E-state index in [0.29, 0.717) is 24.1 Å². The molecule has 0 saturated carbocycles. The molecule has 0 unspecified atom stereocenters. The fraction of sp³-hybridized carbons (Fsp3) is 0.312. The summed E-state index contributed by atoms with van der Waals surface area (Å²) in [5.74, 6) is -0.608. The van der Waals surface area contributed by atoms with Gasteiger partial charge < -0.3 is 20.5 Å². The van der Waals surface area contributed by atoms with Crippen molar-refractivity contribution >= 4 is 35.1 Å². The van der Waals surface area contributed by atoms with Gasteiger partial charge in [0.15, 0.2) is 5.16 Å². The molecule has 1 aliphatic heterocycles.